The molecular formula is C8H7ClINO5S. The van der Waals surface area contributed by atoms with Crippen molar-refractivity contribution in [2.45, 2.75) is 11.8 Å². The maximum Gasteiger partial charge on any atom is 0.284 e. The SMILES string of the molecule is CCOc1ccc([N+](=O)[O-])c(I)c1S(=O)(=O)Cl. The van der Waals surface area contributed by atoms with E-state index in [1.165, 1.54) is 12.1 Å². The normalized spacial score (nSPS) is 11.2. The highest BCUT2D eigenvalue weighted by Gasteiger charge is 2.27. The zero-order valence-electron chi connectivity index (χ0n) is 8.51. The lowest BCUT2D eigenvalue weighted by atomic mass is 10.3. The van der Waals surface area contributed by atoms with E-state index < -0.39 is 14.0 Å². The summed E-state index contributed by atoms with van der Waals surface area (Å²) in [4.78, 5) is 9.65. The molecule has 0 aliphatic heterocycles. The van der Waals surface area contributed by atoms with E-state index in [1.54, 1.807) is 29.5 Å². The smallest absolute Gasteiger partial charge is 0.284 e. The molecule has 6 nitrogen and oxygen atoms in total. The van der Waals surface area contributed by atoms with Crippen molar-refractivity contribution < 1.29 is 18.1 Å². The molecule has 0 aliphatic rings. The van der Waals surface area contributed by atoms with E-state index in [4.69, 9.17) is 15.4 Å². The first-order valence-electron chi connectivity index (χ1n) is 4.33. The van der Waals surface area contributed by atoms with Crippen LogP contribution in [0.5, 0.6) is 5.75 Å². The third kappa shape index (κ3) is 3.19. The summed E-state index contributed by atoms with van der Waals surface area (Å²) in [6.07, 6.45) is 0. The second kappa shape index (κ2) is 5.36. The average molecular weight is 392 g/mol. The lowest BCUT2D eigenvalue weighted by Crippen LogP contribution is -2.04. The molecule has 0 saturated carbocycles. The van der Waals surface area contributed by atoms with Crippen LogP contribution in [0.2, 0.25) is 0 Å². The van der Waals surface area contributed by atoms with Gasteiger partial charge in [-0.1, -0.05) is 0 Å². The molecule has 0 unspecified atom stereocenters. The molecule has 0 saturated heterocycles. The topological polar surface area (TPSA) is 86.5 Å². The van der Waals surface area contributed by atoms with Crippen LogP contribution in [0.25, 0.3) is 0 Å². The van der Waals surface area contributed by atoms with Gasteiger partial charge in [-0.2, -0.15) is 0 Å². The van der Waals surface area contributed by atoms with Gasteiger partial charge in [0.2, 0.25) is 0 Å². The van der Waals surface area contributed by atoms with Crippen LogP contribution in [-0.4, -0.2) is 19.9 Å². The summed E-state index contributed by atoms with van der Waals surface area (Å²) >= 11 is 1.56. The van der Waals surface area contributed by atoms with Gasteiger partial charge < -0.3 is 4.74 Å². The summed E-state index contributed by atoms with van der Waals surface area (Å²) in [6, 6.07) is 2.40. The minimum absolute atomic E-state index is 0.0116. The minimum atomic E-state index is -4.11. The molecule has 0 aromatic heterocycles. The number of nitro groups is 1. The molecular weight excluding hydrogens is 385 g/mol. The molecule has 0 N–H and O–H groups in total. The highest BCUT2D eigenvalue weighted by Crippen LogP contribution is 2.36. The highest BCUT2D eigenvalue weighted by atomic mass is 127. The summed E-state index contributed by atoms with van der Waals surface area (Å²) in [5.41, 5.74) is -0.326. The molecule has 94 valence electrons. The summed E-state index contributed by atoms with van der Waals surface area (Å²) in [5.74, 6) is 0.0116. The monoisotopic (exact) mass is 391 g/mol. The Morgan fingerprint density at radius 2 is 2.12 bits per heavy atom. The van der Waals surface area contributed by atoms with Crippen LogP contribution in [0.4, 0.5) is 5.69 Å². The van der Waals surface area contributed by atoms with Crippen LogP contribution in [-0.2, 0) is 9.05 Å². The molecule has 1 aromatic rings. The predicted molar refractivity (Wildman–Crippen MR) is 70.0 cm³/mol. The van der Waals surface area contributed by atoms with Gasteiger partial charge in [0.05, 0.1) is 11.5 Å². The van der Waals surface area contributed by atoms with Gasteiger partial charge in [-0.15, -0.1) is 0 Å². The second-order valence-electron chi connectivity index (χ2n) is 2.85. The van der Waals surface area contributed by atoms with Crippen molar-refractivity contribution in [1.82, 2.24) is 0 Å². The molecule has 0 spiro atoms. The Morgan fingerprint density at radius 1 is 1.53 bits per heavy atom. The number of hydrogen-bond donors (Lipinski definition) is 0. The summed E-state index contributed by atoms with van der Waals surface area (Å²) in [6.45, 7) is 1.90. The predicted octanol–water partition coefficient (Wildman–Crippen LogP) is 2.53. The fraction of sp³-hybridized carbons (Fsp3) is 0.250. The highest BCUT2D eigenvalue weighted by molar-refractivity contribution is 14.1. The number of rotatable bonds is 4. The van der Waals surface area contributed by atoms with E-state index in [9.17, 15) is 18.5 Å². The fourth-order valence-electron chi connectivity index (χ4n) is 1.17. The van der Waals surface area contributed by atoms with Crippen molar-refractivity contribution >= 4 is 48.0 Å². The lowest BCUT2D eigenvalue weighted by molar-refractivity contribution is -0.386. The third-order valence-corrected chi connectivity index (χ3v) is 4.59. The van der Waals surface area contributed by atoms with Crippen molar-refractivity contribution in [3.05, 3.63) is 25.8 Å². The van der Waals surface area contributed by atoms with Gasteiger partial charge in [0.1, 0.15) is 14.2 Å². The molecule has 0 fully saturated rings. The van der Waals surface area contributed by atoms with Crippen molar-refractivity contribution in [1.29, 1.82) is 0 Å². The van der Waals surface area contributed by atoms with Gasteiger partial charge in [0, 0.05) is 16.7 Å². The number of ether oxygens (including phenoxy) is 1. The van der Waals surface area contributed by atoms with Crippen LogP contribution in [0, 0.1) is 13.7 Å². The van der Waals surface area contributed by atoms with Crippen molar-refractivity contribution in [2.75, 3.05) is 6.61 Å². The van der Waals surface area contributed by atoms with E-state index in [-0.39, 0.29) is 26.5 Å². The number of halogens is 2. The van der Waals surface area contributed by atoms with Crippen LogP contribution < -0.4 is 4.74 Å². The molecule has 17 heavy (non-hydrogen) atoms. The Kier molecular flexibility index (Phi) is 4.55. The van der Waals surface area contributed by atoms with Gasteiger partial charge in [-0.25, -0.2) is 8.42 Å². The van der Waals surface area contributed by atoms with Gasteiger partial charge in [-0.3, -0.25) is 10.1 Å². The number of nitrogens with zero attached hydrogens (tertiary/aromatic N) is 1. The third-order valence-electron chi connectivity index (χ3n) is 1.78. The minimum Gasteiger partial charge on any atom is -0.492 e. The maximum absolute atomic E-state index is 11.4. The average Bonchev–Trinajstić information content (AvgIpc) is 2.15. The van der Waals surface area contributed by atoms with Gasteiger partial charge >= 0.3 is 0 Å². The van der Waals surface area contributed by atoms with Gasteiger partial charge in [-0.05, 0) is 35.6 Å². The standard InChI is InChI=1S/C8H7ClINO5S/c1-2-16-6-4-3-5(11(12)13)7(10)8(6)17(9,14)15/h3-4H,2H2,1H3. The Bertz CT molecular complexity index is 559. The molecule has 9 heteroatoms. The molecule has 0 amide bonds. The van der Waals surface area contributed by atoms with E-state index >= 15 is 0 Å². The summed E-state index contributed by atoms with van der Waals surface area (Å²) < 4.78 is 27.8. The zero-order chi connectivity index (χ0) is 13.2. The van der Waals surface area contributed by atoms with Crippen LogP contribution >= 0.6 is 33.3 Å². The maximum atomic E-state index is 11.4. The van der Waals surface area contributed by atoms with Crippen LogP contribution in [0.3, 0.4) is 0 Å². The zero-order valence-corrected chi connectivity index (χ0v) is 12.2. The quantitative estimate of drug-likeness (QED) is 0.341. The first-order chi connectivity index (χ1) is 7.79. The van der Waals surface area contributed by atoms with E-state index in [1.807, 2.05) is 0 Å². The Morgan fingerprint density at radius 3 is 2.53 bits per heavy atom. The van der Waals surface area contributed by atoms with Crippen LogP contribution in [0.15, 0.2) is 17.0 Å². The van der Waals surface area contributed by atoms with E-state index in [0.717, 1.165) is 0 Å². The Hall–Kier alpha value is -0.610. The molecule has 0 heterocycles. The number of hydrogen-bond acceptors (Lipinski definition) is 5. The van der Waals surface area contributed by atoms with Gasteiger partial charge in [0.25, 0.3) is 14.7 Å². The first kappa shape index (κ1) is 14.5. The molecule has 1 aromatic carbocycles. The van der Waals surface area contributed by atoms with E-state index in [2.05, 4.69) is 0 Å². The fourth-order valence-corrected chi connectivity index (χ4v) is 4.21. The van der Waals surface area contributed by atoms with Crippen molar-refractivity contribution in [2.24, 2.45) is 0 Å². The second-order valence-corrected chi connectivity index (χ2v) is 6.44. The first-order valence-corrected chi connectivity index (χ1v) is 7.72. The van der Waals surface area contributed by atoms with E-state index in [0.29, 0.717) is 0 Å². The Balaban J connectivity index is 3.59. The van der Waals surface area contributed by atoms with Gasteiger partial charge in [0.15, 0.2) is 0 Å². The van der Waals surface area contributed by atoms with Crippen molar-refractivity contribution in [3.8, 4) is 5.75 Å². The van der Waals surface area contributed by atoms with Crippen LogP contribution in [0.1, 0.15) is 6.92 Å². The molecule has 0 radical (unpaired) electrons. The van der Waals surface area contributed by atoms with Crippen molar-refractivity contribution in [3.63, 3.8) is 0 Å². The molecule has 1 rings (SSSR count). The molecule has 0 aliphatic carbocycles. The molecule has 0 bridgehead atoms. The lowest BCUT2D eigenvalue weighted by Gasteiger charge is -2.09. The Labute approximate surface area is 116 Å². The largest absolute Gasteiger partial charge is 0.492 e. The number of benzene rings is 1. The summed E-state index contributed by atoms with van der Waals surface area (Å²) in [5, 5.41) is 10.7. The summed E-state index contributed by atoms with van der Waals surface area (Å²) in [7, 11) is 1.14. The molecule has 0 atom stereocenters. The number of nitro benzene ring substituents is 1.